The summed E-state index contributed by atoms with van der Waals surface area (Å²) in [6.45, 7) is 0.717. The molecule has 0 aliphatic carbocycles. The van der Waals surface area contributed by atoms with E-state index in [4.69, 9.17) is 37.9 Å². The first kappa shape index (κ1) is 18.9. The Hall–Kier alpha value is -2.88. The van der Waals surface area contributed by atoms with Crippen LogP contribution in [-0.4, -0.2) is 51.7 Å². The Kier molecular flexibility index (Phi) is 4.14. The maximum Gasteiger partial charge on any atom is 0.231 e. The van der Waals surface area contributed by atoms with Crippen LogP contribution in [0, 0.1) is 5.92 Å². The van der Waals surface area contributed by atoms with Crippen LogP contribution in [0.15, 0.2) is 24.3 Å². The van der Waals surface area contributed by atoms with Gasteiger partial charge in [0.2, 0.25) is 13.6 Å². The van der Waals surface area contributed by atoms with E-state index in [1.54, 1.807) is 32.4 Å². The van der Waals surface area contributed by atoms with E-state index < -0.39 is 17.8 Å². The molecule has 0 saturated carbocycles. The van der Waals surface area contributed by atoms with Gasteiger partial charge in [-0.15, -0.1) is 0 Å². The molecular formula is C22H22O9. The first-order chi connectivity index (χ1) is 15.1. The van der Waals surface area contributed by atoms with E-state index in [0.717, 1.165) is 5.56 Å². The number of benzene rings is 2. The van der Waals surface area contributed by atoms with Gasteiger partial charge in [-0.25, -0.2) is 0 Å². The summed E-state index contributed by atoms with van der Waals surface area (Å²) in [7, 11) is 3.16. The molecule has 2 saturated heterocycles. The Labute approximate surface area is 178 Å². The second-order valence-electron chi connectivity index (χ2n) is 7.94. The average Bonchev–Trinajstić information content (AvgIpc) is 3.54. The van der Waals surface area contributed by atoms with Crippen molar-refractivity contribution in [2.45, 2.75) is 17.8 Å². The highest BCUT2D eigenvalue weighted by Gasteiger charge is 2.60. The molecule has 6 rings (SSSR count). The Morgan fingerprint density at radius 2 is 1.35 bits per heavy atom. The van der Waals surface area contributed by atoms with Gasteiger partial charge in [0.1, 0.15) is 23.2 Å². The molecule has 164 valence electrons. The van der Waals surface area contributed by atoms with Crippen molar-refractivity contribution in [3.8, 4) is 34.5 Å². The van der Waals surface area contributed by atoms with E-state index in [0.29, 0.717) is 46.7 Å². The molecule has 0 radical (unpaired) electrons. The van der Waals surface area contributed by atoms with Crippen molar-refractivity contribution in [3.63, 3.8) is 0 Å². The number of aliphatic hydroxyl groups is 1. The van der Waals surface area contributed by atoms with Crippen LogP contribution in [0.5, 0.6) is 34.5 Å². The molecule has 1 N–H and O–H groups in total. The summed E-state index contributed by atoms with van der Waals surface area (Å²) in [6.07, 6.45) is -1.08. The number of rotatable bonds is 4. The molecule has 0 bridgehead atoms. The molecule has 0 spiro atoms. The standard InChI is InChI=1S/C22H22O9/c1-24-14-5-18-16(28-9-30-18)3-11(14)20-13-7-26-21(22(13,23)8-27-20)12-4-17-19(31-10-29-17)6-15(12)25-2/h3-6,13,20-21,23H,7-10H2,1-2H3/t13-,20-,21-,22-/m1/s1. The second kappa shape index (κ2) is 6.81. The highest BCUT2D eigenvalue weighted by molar-refractivity contribution is 5.55. The molecule has 2 aromatic carbocycles. The topological polar surface area (TPSA) is 94.1 Å². The Morgan fingerprint density at radius 1 is 0.806 bits per heavy atom. The lowest BCUT2D eigenvalue weighted by atomic mass is 9.80. The van der Waals surface area contributed by atoms with Crippen molar-refractivity contribution in [2.24, 2.45) is 5.92 Å². The smallest absolute Gasteiger partial charge is 0.231 e. The number of fused-ring (bicyclic) bond motifs is 3. The fraction of sp³-hybridized carbons (Fsp3) is 0.455. The largest absolute Gasteiger partial charge is 0.496 e. The number of hydrogen-bond acceptors (Lipinski definition) is 9. The Bertz CT molecular complexity index is 1040. The first-order valence-corrected chi connectivity index (χ1v) is 10.0. The zero-order valence-electron chi connectivity index (χ0n) is 17.1. The van der Waals surface area contributed by atoms with Gasteiger partial charge in [0.15, 0.2) is 23.0 Å². The molecule has 9 nitrogen and oxygen atoms in total. The van der Waals surface area contributed by atoms with Crippen molar-refractivity contribution in [2.75, 3.05) is 41.0 Å². The zero-order chi connectivity index (χ0) is 21.2. The van der Waals surface area contributed by atoms with Gasteiger partial charge >= 0.3 is 0 Å². The second-order valence-corrected chi connectivity index (χ2v) is 7.94. The minimum absolute atomic E-state index is 0.0994. The van der Waals surface area contributed by atoms with E-state index in [-0.39, 0.29) is 26.1 Å². The highest BCUT2D eigenvalue weighted by atomic mass is 16.7. The lowest BCUT2D eigenvalue weighted by molar-refractivity contribution is -0.0636. The van der Waals surface area contributed by atoms with Crippen molar-refractivity contribution in [1.29, 1.82) is 0 Å². The lowest BCUT2D eigenvalue weighted by Gasteiger charge is -2.28. The van der Waals surface area contributed by atoms with Gasteiger partial charge in [-0.05, 0) is 12.1 Å². The average molecular weight is 430 g/mol. The molecule has 4 aliphatic rings. The van der Waals surface area contributed by atoms with E-state index in [1.807, 2.05) is 6.07 Å². The number of ether oxygens (including phenoxy) is 8. The third-order valence-corrected chi connectivity index (χ3v) is 6.44. The highest BCUT2D eigenvalue weighted by Crippen LogP contribution is 2.57. The van der Waals surface area contributed by atoms with Crippen LogP contribution < -0.4 is 28.4 Å². The normalized spacial score (nSPS) is 29.8. The molecule has 9 heteroatoms. The van der Waals surface area contributed by atoms with Gasteiger partial charge in [-0.2, -0.15) is 0 Å². The summed E-state index contributed by atoms with van der Waals surface area (Å²) in [5.41, 5.74) is 0.223. The predicted octanol–water partition coefficient (Wildman–Crippen LogP) is 2.35. The molecule has 4 aliphatic heterocycles. The van der Waals surface area contributed by atoms with Gasteiger partial charge in [-0.3, -0.25) is 0 Å². The molecule has 4 atom stereocenters. The van der Waals surface area contributed by atoms with Crippen LogP contribution in [0.1, 0.15) is 23.3 Å². The van der Waals surface area contributed by atoms with E-state index in [2.05, 4.69) is 0 Å². The predicted molar refractivity (Wildman–Crippen MR) is 104 cm³/mol. The SMILES string of the molecule is COc1cc2c(cc1[C@H]1OC[C@]3(O)[C@@H](c4cc5c(cc4OC)OCO5)OC[C@H]13)OCO2. The van der Waals surface area contributed by atoms with Crippen LogP contribution in [0.4, 0.5) is 0 Å². The monoisotopic (exact) mass is 430 g/mol. The Morgan fingerprint density at radius 3 is 1.97 bits per heavy atom. The molecule has 2 aromatic rings. The van der Waals surface area contributed by atoms with E-state index in [1.165, 1.54) is 0 Å². The third kappa shape index (κ3) is 2.67. The molecule has 4 heterocycles. The maximum absolute atomic E-state index is 11.7. The third-order valence-electron chi connectivity index (χ3n) is 6.44. The molecule has 2 fully saturated rings. The minimum atomic E-state index is -1.26. The van der Waals surface area contributed by atoms with Crippen LogP contribution in [0.25, 0.3) is 0 Å². The summed E-state index contributed by atoms with van der Waals surface area (Å²) >= 11 is 0. The maximum atomic E-state index is 11.7. The molecule has 0 unspecified atom stereocenters. The first-order valence-electron chi connectivity index (χ1n) is 10.0. The van der Waals surface area contributed by atoms with E-state index in [9.17, 15) is 5.11 Å². The van der Waals surface area contributed by atoms with Crippen molar-refractivity contribution < 1.29 is 43.0 Å². The number of hydrogen-bond donors (Lipinski definition) is 1. The summed E-state index contributed by atoms with van der Waals surface area (Å²) < 4.78 is 45.3. The fourth-order valence-electron chi connectivity index (χ4n) is 4.88. The van der Waals surface area contributed by atoms with Crippen LogP contribution >= 0.6 is 0 Å². The van der Waals surface area contributed by atoms with Crippen LogP contribution in [-0.2, 0) is 9.47 Å². The quantitative estimate of drug-likeness (QED) is 0.784. The van der Waals surface area contributed by atoms with Gasteiger partial charge in [0.05, 0.1) is 33.5 Å². The van der Waals surface area contributed by atoms with Gasteiger partial charge in [0, 0.05) is 29.2 Å². The lowest BCUT2D eigenvalue weighted by Crippen LogP contribution is -2.39. The van der Waals surface area contributed by atoms with Gasteiger partial charge < -0.3 is 43.0 Å². The molecule has 0 aromatic heterocycles. The van der Waals surface area contributed by atoms with Crippen molar-refractivity contribution >= 4 is 0 Å². The molecular weight excluding hydrogens is 408 g/mol. The van der Waals surface area contributed by atoms with Crippen molar-refractivity contribution in [3.05, 3.63) is 35.4 Å². The Balaban J connectivity index is 1.37. The summed E-state index contributed by atoms with van der Waals surface area (Å²) in [5.74, 6) is 3.31. The van der Waals surface area contributed by atoms with Gasteiger partial charge in [0.25, 0.3) is 0 Å². The minimum Gasteiger partial charge on any atom is -0.496 e. The van der Waals surface area contributed by atoms with Crippen LogP contribution in [0.3, 0.4) is 0 Å². The van der Waals surface area contributed by atoms with Crippen LogP contribution in [0.2, 0.25) is 0 Å². The number of methoxy groups -OCH3 is 2. The zero-order valence-corrected chi connectivity index (χ0v) is 17.1. The van der Waals surface area contributed by atoms with Gasteiger partial charge in [-0.1, -0.05) is 0 Å². The summed E-state index contributed by atoms with van der Waals surface area (Å²) in [4.78, 5) is 0. The van der Waals surface area contributed by atoms with Crippen molar-refractivity contribution in [1.82, 2.24) is 0 Å². The summed E-state index contributed by atoms with van der Waals surface area (Å²) in [6, 6.07) is 7.20. The molecule has 0 amide bonds. The van der Waals surface area contributed by atoms with E-state index >= 15 is 0 Å². The summed E-state index contributed by atoms with van der Waals surface area (Å²) in [5, 5.41) is 11.7. The fourth-order valence-corrected chi connectivity index (χ4v) is 4.88. The molecule has 31 heavy (non-hydrogen) atoms.